The van der Waals surface area contributed by atoms with Crippen LogP contribution in [0.2, 0.25) is 0 Å². The molecular weight excluding hydrogens is 318 g/mol. The summed E-state index contributed by atoms with van der Waals surface area (Å²) < 4.78 is 5.53. The van der Waals surface area contributed by atoms with Crippen LogP contribution < -0.4 is 9.64 Å². The minimum Gasteiger partial charge on any atom is -0.496 e. The van der Waals surface area contributed by atoms with Crippen molar-refractivity contribution in [3.05, 3.63) is 46.1 Å². The Hall–Kier alpha value is -2.14. The number of aryl methyl sites for hydroxylation is 2. The summed E-state index contributed by atoms with van der Waals surface area (Å²) in [7, 11) is 1.75. The van der Waals surface area contributed by atoms with Gasteiger partial charge < -0.3 is 9.64 Å². The number of ether oxygens (including phenoxy) is 1. The number of hydrogen-bond donors (Lipinski definition) is 0. The summed E-state index contributed by atoms with van der Waals surface area (Å²) in [5, 5.41) is 1.31. The first-order valence-electron chi connectivity index (χ1n) is 8.50. The summed E-state index contributed by atoms with van der Waals surface area (Å²) in [6, 6.07) is 6.35. The maximum absolute atomic E-state index is 5.53. The molecule has 1 aliphatic heterocycles. The summed E-state index contributed by atoms with van der Waals surface area (Å²) in [5.41, 5.74) is 4.19. The molecule has 0 spiro atoms. The van der Waals surface area contributed by atoms with Crippen molar-refractivity contribution in [3.8, 4) is 5.75 Å². The Labute approximate surface area is 145 Å². The van der Waals surface area contributed by atoms with Crippen molar-refractivity contribution < 1.29 is 4.74 Å². The molecule has 24 heavy (non-hydrogen) atoms. The van der Waals surface area contributed by atoms with Crippen molar-refractivity contribution in [1.82, 2.24) is 9.97 Å². The van der Waals surface area contributed by atoms with Crippen molar-refractivity contribution in [2.45, 2.75) is 32.2 Å². The van der Waals surface area contributed by atoms with Crippen LogP contribution >= 0.6 is 11.3 Å². The second kappa shape index (κ2) is 5.45. The SMILES string of the molecule is COc1cccc2c1CCN(c1ncnc3sc4c(c13)CCC4)C2. The van der Waals surface area contributed by atoms with Gasteiger partial charge in [-0.25, -0.2) is 9.97 Å². The number of nitrogens with zero attached hydrogens (tertiary/aromatic N) is 3. The van der Waals surface area contributed by atoms with E-state index >= 15 is 0 Å². The molecule has 0 amide bonds. The number of anilines is 1. The summed E-state index contributed by atoms with van der Waals surface area (Å²) in [5.74, 6) is 2.13. The molecule has 0 atom stereocenters. The van der Waals surface area contributed by atoms with E-state index in [0.717, 1.165) is 35.9 Å². The first kappa shape index (κ1) is 14.2. The molecule has 0 saturated heterocycles. The molecule has 0 saturated carbocycles. The minimum absolute atomic E-state index is 0.892. The van der Waals surface area contributed by atoms with Gasteiger partial charge in [0, 0.05) is 23.5 Å². The van der Waals surface area contributed by atoms with Gasteiger partial charge in [-0.1, -0.05) is 12.1 Å². The molecule has 0 bridgehead atoms. The van der Waals surface area contributed by atoms with Gasteiger partial charge in [0.25, 0.3) is 0 Å². The first-order chi connectivity index (χ1) is 11.8. The van der Waals surface area contributed by atoms with Gasteiger partial charge in [0.1, 0.15) is 22.7 Å². The highest BCUT2D eigenvalue weighted by atomic mass is 32.1. The molecule has 0 radical (unpaired) electrons. The van der Waals surface area contributed by atoms with Crippen LogP contribution in [-0.2, 0) is 25.8 Å². The Morgan fingerprint density at radius 3 is 3.00 bits per heavy atom. The van der Waals surface area contributed by atoms with Crippen LogP contribution in [0.15, 0.2) is 24.5 Å². The number of hydrogen-bond acceptors (Lipinski definition) is 5. The monoisotopic (exact) mass is 337 g/mol. The lowest BCUT2D eigenvalue weighted by Crippen LogP contribution is -2.31. The van der Waals surface area contributed by atoms with Crippen LogP contribution in [0.4, 0.5) is 5.82 Å². The molecular formula is C19H19N3OS. The third kappa shape index (κ3) is 2.04. The van der Waals surface area contributed by atoms with E-state index in [9.17, 15) is 0 Å². The average Bonchev–Trinajstić information content (AvgIpc) is 3.21. The number of thiophene rings is 1. The maximum Gasteiger partial charge on any atom is 0.141 e. The fourth-order valence-corrected chi connectivity index (χ4v) is 5.32. The van der Waals surface area contributed by atoms with Gasteiger partial charge in [0.2, 0.25) is 0 Å². The van der Waals surface area contributed by atoms with Gasteiger partial charge in [-0.15, -0.1) is 11.3 Å². The van der Waals surface area contributed by atoms with Crippen LogP contribution in [0.5, 0.6) is 5.75 Å². The third-order valence-corrected chi connectivity index (χ3v) is 6.42. The molecule has 2 aromatic heterocycles. The lowest BCUT2D eigenvalue weighted by atomic mass is 9.98. The molecule has 3 aromatic rings. The zero-order valence-electron chi connectivity index (χ0n) is 13.7. The fourth-order valence-electron chi connectivity index (χ4n) is 4.10. The molecule has 5 rings (SSSR count). The van der Waals surface area contributed by atoms with E-state index in [2.05, 4.69) is 33.1 Å². The fraction of sp³-hybridized carbons (Fsp3) is 0.368. The second-order valence-electron chi connectivity index (χ2n) is 6.50. The number of fused-ring (bicyclic) bond motifs is 4. The van der Waals surface area contributed by atoms with Gasteiger partial charge in [0.15, 0.2) is 0 Å². The number of rotatable bonds is 2. The van der Waals surface area contributed by atoms with Crippen molar-refractivity contribution >= 4 is 27.4 Å². The molecule has 0 N–H and O–H groups in total. The van der Waals surface area contributed by atoms with Gasteiger partial charge in [-0.3, -0.25) is 0 Å². The largest absolute Gasteiger partial charge is 0.496 e. The highest BCUT2D eigenvalue weighted by molar-refractivity contribution is 7.19. The maximum atomic E-state index is 5.53. The molecule has 0 unspecified atom stereocenters. The van der Waals surface area contributed by atoms with Crippen molar-refractivity contribution in [3.63, 3.8) is 0 Å². The Morgan fingerprint density at radius 2 is 2.08 bits per heavy atom. The molecule has 3 heterocycles. The van der Waals surface area contributed by atoms with Crippen LogP contribution in [0.1, 0.15) is 28.0 Å². The summed E-state index contributed by atoms with van der Waals surface area (Å²) in [6.07, 6.45) is 6.37. The minimum atomic E-state index is 0.892. The zero-order chi connectivity index (χ0) is 16.1. The predicted octanol–water partition coefficient (Wildman–Crippen LogP) is 3.75. The molecule has 2 aliphatic rings. The van der Waals surface area contributed by atoms with E-state index in [-0.39, 0.29) is 0 Å². The summed E-state index contributed by atoms with van der Waals surface area (Å²) in [4.78, 5) is 14.3. The number of aromatic nitrogens is 2. The highest BCUT2D eigenvalue weighted by Gasteiger charge is 2.26. The smallest absolute Gasteiger partial charge is 0.141 e. The number of methoxy groups -OCH3 is 1. The molecule has 1 aliphatic carbocycles. The van der Waals surface area contributed by atoms with Crippen molar-refractivity contribution in [1.29, 1.82) is 0 Å². The molecule has 122 valence electrons. The zero-order valence-corrected chi connectivity index (χ0v) is 14.5. The summed E-state index contributed by atoms with van der Waals surface area (Å²) >= 11 is 1.86. The Bertz CT molecular complexity index is 934. The van der Waals surface area contributed by atoms with Crippen LogP contribution in [0.3, 0.4) is 0 Å². The standard InChI is InChI=1S/C19H19N3OS/c1-23-15-6-2-4-12-10-22(9-8-13(12)15)18-17-14-5-3-7-16(14)24-19(17)21-11-20-18/h2,4,6,11H,3,5,7-10H2,1H3. The Balaban J connectivity index is 1.59. The lowest BCUT2D eigenvalue weighted by Gasteiger charge is -2.31. The van der Waals surface area contributed by atoms with Gasteiger partial charge in [0.05, 0.1) is 12.5 Å². The van der Waals surface area contributed by atoms with Crippen molar-refractivity contribution in [2.75, 3.05) is 18.6 Å². The van der Waals surface area contributed by atoms with E-state index in [1.165, 1.54) is 46.2 Å². The van der Waals surface area contributed by atoms with E-state index in [1.807, 2.05) is 11.3 Å². The highest BCUT2D eigenvalue weighted by Crippen LogP contribution is 2.41. The quantitative estimate of drug-likeness (QED) is 0.714. The van der Waals surface area contributed by atoms with Crippen LogP contribution in [0, 0.1) is 0 Å². The van der Waals surface area contributed by atoms with E-state index in [4.69, 9.17) is 4.74 Å². The Morgan fingerprint density at radius 1 is 1.12 bits per heavy atom. The van der Waals surface area contributed by atoms with Gasteiger partial charge in [-0.2, -0.15) is 0 Å². The number of benzene rings is 1. The molecule has 0 fully saturated rings. The molecule has 1 aromatic carbocycles. The van der Waals surface area contributed by atoms with Crippen LogP contribution in [0.25, 0.3) is 10.2 Å². The summed E-state index contributed by atoms with van der Waals surface area (Å²) in [6.45, 7) is 1.87. The molecule has 5 heteroatoms. The first-order valence-corrected chi connectivity index (χ1v) is 9.32. The normalized spacial score (nSPS) is 16.3. The Kier molecular flexibility index (Phi) is 3.23. The topological polar surface area (TPSA) is 38.2 Å². The molecule has 4 nitrogen and oxygen atoms in total. The predicted molar refractivity (Wildman–Crippen MR) is 97.2 cm³/mol. The van der Waals surface area contributed by atoms with E-state index in [0.29, 0.717) is 0 Å². The average molecular weight is 337 g/mol. The van der Waals surface area contributed by atoms with E-state index in [1.54, 1.807) is 13.4 Å². The van der Waals surface area contributed by atoms with E-state index < -0.39 is 0 Å². The second-order valence-corrected chi connectivity index (χ2v) is 7.59. The third-order valence-electron chi connectivity index (χ3n) is 5.22. The van der Waals surface area contributed by atoms with Crippen LogP contribution in [-0.4, -0.2) is 23.6 Å². The lowest BCUT2D eigenvalue weighted by molar-refractivity contribution is 0.407. The van der Waals surface area contributed by atoms with Crippen molar-refractivity contribution in [2.24, 2.45) is 0 Å². The van der Waals surface area contributed by atoms with Gasteiger partial charge >= 0.3 is 0 Å². The van der Waals surface area contributed by atoms with Gasteiger partial charge in [-0.05, 0) is 42.9 Å².